The number of benzene rings is 1. The molecule has 1 atom stereocenters. The SMILES string of the molecule is CSc1ccc(NC(=O)c2cn(C)nc2C(F)F)c2c1C(C)(C)CC2C. The summed E-state index contributed by atoms with van der Waals surface area (Å²) in [6.07, 6.45) is 1.57. The van der Waals surface area contributed by atoms with E-state index in [4.69, 9.17) is 0 Å². The number of aryl methyl sites for hydroxylation is 1. The van der Waals surface area contributed by atoms with Gasteiger partial charge in [-0.15, -0.1) is 11.8 Å². The number of thioether (sulfide) groups is 1. The lowest BCUT2D eigenvalue weighted by molar-refractivity contribution is 0.101. The third-order valence-corrected chi connectivity index (χ3v) is 5.75. The van der Waals surface area contributed by atoms with Crippen molar-refractivity contribution >= 4 is 23.4 Å². The highest BCUT2D eigenvalue weighted by molar-refractivity contribution is 7.98. The number of alkyl halides is 2. The lowest BCUT2D eigenvalue weighted by Gasteiger charge is -2.22. The highest BCUT2D eigenvalue weighted by Crippen LogP contribution is 2.51. The van der Waals surface area contributed by atoms with Gasteiger partial charge in [0.25, 0.3) is 12.3 Å². The summed E-state index contributed by atoms with van der Waals surface area (Å²) in [5.41, 5.74) is 2.49. The van der Waals surface area contributed by atoms with Crippen LogP contribution in [0.1, 0.15) is 66.7 Å². The number of amides is 1. The van der Waals surface area contributed by atoms with Crippen molar-refractivity contribution in [2.75, 3.05) is 11.6 Å². The van der Waals surface area contributed by atoms with Crippen LogP contribution in [0.2, 0.25) is 0 Å². The molecule has 0 saturated carbocycles. The molecule has 1 N–H and O–H groups in total. The second kappa shape index (κ2) is 6.68. The van der Waals surface area contributed by atoms with Crippen LogP contribution in [-0.4, -0.2) is 21.9 Å². The third kappa shape index (κ3) is 3.13. The minimum atomic E-state index is -2.79. The van der Waals surface area contributed by atoms with Gasteiger partial charge in [-0.2, -0.15) is 5.10 Å². The van der Waals surface area contributed by atoms with E-state index in [1.807, 2.05) is 18.4 Å². The molecule has 0 aliphatic heterocycles. The van der Waals surface area contributed by atoms with Gasteiger partial charge < -0.3 is 5.32 Å². The van der Waals surface area contributed by atoms with Crippen molar-refractivity contribution in [3.8, 4) is 0 Å². The van der Waals surface area contributed by atoms with Gasteiger partial charge in [-0.05, 0) is 47.3 Å². The van der Waals surface area contributed by atoms with E-state index in [0.717, 1.165) is 12.0 Å². The first-order valence-electron chi connectivity index (χ1n) is 8.50. The number of carbonyl (C=O) groups excluding carboxylic acids is 1. The number of anilines is 1. The Morgan fingerprint density at radius 3 is 2.73 bits per heavy atom. The van der Waals surface area contributed by atoms with Crippen LogP contribution in [0.3, 0.4) is 0 Å². The molecule has 1 aliphatic rings. The molecular weight excluding hydrogens is 356 g/mol. The summed E-state index contributed by atoms with van der Waals surface area (Å²) in [6, 6.07) is 3.87. The second-order valence-corrected chi connectivity index (χ2v) is 8.30. The molecule has 1 unspecified atom stereocenters. The van der Waals surface area contributed by atoms with Crippen LogP contribution < -0.4 is 5.32 Å². The third-order valence-electron chi connectivity index (χ3n) is 4.97. The molecule has 0 saturated heterocycles. The van der Waals surface area contributed by atoms with Crippen molar-refractivity contribution in [1.29, 1.82) is 0 Å². The molecule has 0 bridgehead atoms. The summed E-state index contributed by atoms with van der Waals surface area (Å²) in [6.45, 7) is 6.55. The zero-order valence-electron chi connectivity index (χ0n) is 15.6. The smallest absolute Gasteiger partial charge is 0.282 e. The predicted octanol–water partition coefficient (Wildman–Crippen LogP) is 5.12. The summed E-state index contributed by atoms with van der Waals surface area (Å²) >= 11 is 1.69. The summed E-state index contributed by atoms with van der Waals surface area (Å²) < 4.78 is 27.6. The Bertz CT molecular complexity index is 861. The maximum Gasteiger partial charge on any atom is 0.282 e. The van der Waals surface area contributed by atoms with E-state index in [2.05, 4.69) is 31.2 Å². The molecule has 1 aromatic heterocycles. The molecule has 4 nitrogen and oxygen atoms in total. The molecule has 1 aliphatic carbocycles. The lowest BCUT2D eigenvalue weighted by atomic mass is 9.86. The Hall–Kier alpha value is -1.89. The quantitative estimate of drug-likeness (QED) is 0.750. The Kier molecular flexibility index (Phi) is 4.86. The number of carbonyl (C=O) groups is 1. The van der Waals surface area contributed by atoms with E-state index in [1.165, 1.54) is 28.4 Å². The van der Waals surface area contributed by atoms with Gasteiger partial charge in [0.1, 0.15) is 5.69 Å². The van der Waals surface area contributed by atoms with Gasteiger partial charge in [-0.1, -0.05) is 20.8 Å². The van der Waals surface area contributed by atoms with Gasteiger partial charge in [0, 0.05) is 23.8 Å². The van der Waals surface area contributed by atoms with E-state index in [9.17, 15) is 13.6 Å². The van der Waals surface area contributed by atoms with E-state index in [0.29, 0.717) is 5.69 Å². The zero-order chi connectivity index (χ0) is 19.2. The lowest BCUT2D eigenvalue weighted by Crippen LogP contribution is -2.16. The molecule has 1 heterocycles. The van der Waals surface area contributed by atoms with E-state index in [-0.39, 0.29) is 16.9 Å². The van der Waals surface area contributed by atoms with Crippen LogP contribution in [0.5, 0.6) is 0 Å². The van der Waals surface area contributed by atoms with Gasteiger partial charge >= 0.3 is 0 Å². The molecule has 3 rings (SSSR count). The molecule has 7 heteroatoms. The molecule has 0 fully saturated rings. The van der Waals surface area contributed by atoms with Crippen molar-refractivity contribution in [3.63, 3.8) is 0 Å². The standard InChI is InChI=1S/C19H23F2N3OS/c1-10-8-19(2,3)15-13(26-5)7-6-12(14(10)15)22-18(25)11-9-24(4)23-16(11)17(20)21/h6-7,9-10,17H,8H2,1-5H3,(H,22,25). The maximum atomic E-state index is 13.2. The molecule has 0 spiro atoms. The summed E-state index contributed by atoms with van der Waals surface area (Å²) in [5.74, 6) is -0.268. The van der Waals surface area contributed by atoms with E-state index >= 15 is 0 Å². The number of nitrogens with one attached hydrogen (secondary N) is 1. The normalized spacial score (nSPS) is 18.2. The average Bonchev–Trinajstić information content (AvgIpc) is 3.06. The highest BCUT2D eigenvalue weighted by Gasteiger charge is 2.38. The molecule has 26 heavy (non-hydrogen) atoms. The minimum absolute atomic E-state index is 0.0102. The Labute approximate surface area is 156 Å². The first-order chi connectivity index (χ1) is 12.2. The molecule has 1 amide bonds. The maximum absolute atomic E-state index is 13.2. The van der Waals surface area contributed by atoms with Gasteiger partial charge in [-0.3, -0.25) is 9.48 Å². The number of fused-ring (bicyclic) bond motifs is 1. The topological polar surface area (TPSA) is 46.9 Å². The summed E-state index contributed by atoms with van der Waals surface area (Å²) in [5, 5.41) is 6.57. The van der Waals surface area contributed by atoms with Crippen molar-refractivity contribution in [2.45, 2.75) is 49.8 Å². The fraction of sp³-hybridized carbons (Fsp3) is 0.474. The second-order valence-electron chi connectivity index (χ2n) is 7.45. The Morgan fingerprint density at radius 1 is 1.42 bits per heavy atom. The van der Waals surface area contributed by atoms with E-state index < -0.39 is 18.0 Å². The van der Waals surface area contributed by atoms with E-state index in [1.54, 1.807) is 11.8 Å². The number of halogens is 2. The molecule has 2 aromatic rings. The van der Waals surface area contributed by atoms with Gasteiger partial charge in [0.2, 0.25) is 0 Å². The number of aromatic nitrogens is 2. The summed E-state index contributed by atoms with van der Waals surface area (Å²) in [4.78, 5) is 13.9. The monoisotopic (exact) mass is 379 g/mol. The van der Waals surface area contributed by atoms with Gasteiger partial charge in [0.15, 0.2) is 0 Å². The van der Waals surface area contributed by atoms with Crippen molar-refractivity contribution in [1.82, 2.24) is 9.78 Å². The van der Waals surface area contributed by atoms with Crippen LogP contribution in [0.25, 0.3) is 0 Å². The van der Waals surface area contributed by atoms with Crippen LogP contribution in [0.15, 0.2) is 23.2 Å². The average molecular weight is 379 g/mol. The number of hydrogen-bond acceptors (Lipinski definition) is 3. The fourth-order valence-electron chi connectivity index (χ4n) is 4.09. The highest BCUT2D eigenvalue weighted by atomic mass is 32.2. The Balaban J connectivity index is 2.02. The Morgan fingerprint density at radius 2 is 2.12 bits per heavy atom. The predicted molar refractivity (Wildman–Crippen MR) is 100 cm³/mol. The first kappa shape index (κ1) is 18.9. The molecule has 0 radical (unpaired) electrons. The van der Waals surface area contributed by atoms with Crippen molar-refractivity contribution < 1.29 is 13.6 Å². The first-order valence-corrected chi connectivity index (χ1v) is 9.72. The van der Waals surface area contributed by atoms with Crippen LogP contribution in [0.4, 0.5) is 14.5 Å². The van der Waals surface area contributed by atoms with Crippen LogP contribution in [0, 0.1) is 0 Å². The van der Waals surface area contributed by atoms with Gasteiger partial charge in [-0.25, -0.2) is 8.78 Å². The number of nitrogens with zero attached hydrogens (tertiary/aromatic N) is 2. The number of hydrogen-bond donors (Lipinski definition) is 1. The zero-order valence-corrected chi connectivity index (χ0v) is 16.4. The fourth-order valence-corrected chi connectivity index (χ4v) is 4.88. The summed E-state index contributed by atoms with van der Waals surface area (Å²) in [7, 11) is 1.53. The van der Waals surface area contributed by atoms with Crippen LogP contribution >= 0.6 is 11.8 Å². The number of rotatable bonds is 4. The van der Waals surface area contributed by atoms with Gasteiger partial charge in [0.05, 0.1) is 5.56 Å². The largest absolute Gasteiger partial charge is 0.322 e. The minimum Gasteiger partial charge on any atom is -0.322 e. The molecular formula is C19H23F2N3OS. The van der Waals surface area contributed by atoms with Crippen LogP contribution in [-0.2, 0) is 12.5 Å². The molecule has 140 valence electrons. The molecule has 1 aromatic carbocycles. The van der Waals surface area contributed by atoms with Crippen molar-refractivity contribution in [3.05, 3.63) is 40.7 Å². The van der Waals surface area contributed by atoms with Crippen molar-refractivity contribution in [2.24, 2.45) is 7.05 Å².